The summed E-state index contributed by atoms with van der Waals surface area (Å²) in [5.74, 6) is 2.55. The van der Waals surface area contributed by atoms with Gasteiger partial charge in [-0.3, -0.25) is 0 Å². The SMILES string of the molecule is CC(=O)C[C@@H](C)c1ccc(OC2CCN(c3cc4c(cc3C#N)OCCO4)C2)cc1. The number of ketones is 1. The van der Waals surface area contributed by atoms with Gasteiger partial charge in [0.25, 0.3) is 0 Å². The predicted octanol–water partition coefficient (Wildman–Crippen LogP) is 4.07. The number of benzene rings is 2. The van der Waals surface area contributed by atoms with Crippen molar-refractivity contribution >= 4 is 11.5 Å². The van der Waals surface area contributed by atoms with E-state index in [2.05, 4.69) is 17.9 Å². The Kier molecular flexibility index (Phi) is 5.80. The van der Waals surface area contributed by atoms with Crippen LogP contribution in [0.4, 0.5) is 5.69 Å². The molecular weight excluding hydrogens is 380 g/mol. The molecule has 0 aliphatic carbocycles. The zero-order chi connectivity index (χ0) is 21.1. The first kappa shape index (κ1) is 20.1. The van der Waals surface area contributed by atoms with Gasteiger partial charge in [0.15, 0.2) is 11.5 Å². The van der Waals surface area contributed by atoms with Crippen molar-refractivity contribution in [2.45, 2.75) is 38.7 Å². The Labute approximate surface area is 177 Å². The average molecular weight is 406 g/mol. The fraction of sp³-hybridized carbons (Fsp3) is 0.417. The van der Waals surface area contributed by atoms with Gasteiger partial charge in [-0.05, 0) is 30.5 Å². The molecule has 0 radical (unpaired) electrons. The summed E-state index contributed by atoms with van der Waals surface area (Å²) in [6, 6.07) is 13.9. The topological polar surface area (TPSA) is 71.8 Å². The van der Waals surface area contributed by atoms with E-state index in [1.807, 2.05) is 30.3 Å². The molecule has 0 aromatic heterocycles. The van der Waals surface area contributed by atoms with Crippen LogP contribution in [-0.4, -0.2) is 38.2 Å². The predicted molar refractivity (Wildman–Crippen MR) is 114 cm³/mol. The van der Waals surface area contributed by atoms with Gasteiger partial charge in [-0.25, -0.2) is 0 Å². The number of hydrogen-bond acceptors (Lipinski definition) is 6. The molecule has 2 aromatic carbocycles. The second kappa shape index (κ2) is 8.66. The number of ether oxygens (including phenoxy) is 3. The van der Waals surface area contributed by atoms with E-state index in [9.17, 15) is 10.1 Å². The smallest absolute Gasteiger partial charge is 0.163 e. The third-order valence-electron chi connectivity index (χ3n) is 5.61. The summed E-state index contributed by atoms with van der Waals surface area (Å²) in [4.78, 5) is 13.5. The molecule has 0 saturated carbocycles. The molecule has 2 heterocycles. The van der Waals surface area contributed by atoms with Gasteiger partial charge in [0, 0.05) is 31.5 Å². The maximum absolute atomic E-state index is 11.3. The Morgan fingerprint density at radius 2 is 1.93 bits per heavy atom. The summed E-state index contributed by atoms with van der Waals surface area (Å²) in [7, 11) is 0. The Hall–Kier alpha value is -3.20. The second-order valence-corrected chi connectivity index (χ2v) is 7.98. The van der Waals surface area contributed by atoms with Crippen LogP contribution in [0.25, 0.3) is 0 Å². The van der Waals surface area contributed by atoms with E-state index in [1.54, 1.807) is 13.0 Å². The van der Waals surface area contributed by atoms with E-state index in [0.717, 1.165) is 30.0 Å². The number of nitriles is 1. The van der Waals surface area contributed by atoms with Gasteiger partial charge >= 0.3 is 0 Å². The van der Waals surface area contributed by atoms with Gasteiger partial charge in [-0.1, -0.05) is 19.1 Å². The molecule has 4 rings (SSSR count). The summed E-state index contributed by atoms with van der Waals surface area (Å²) in [5.41, 5.74) is 2.59. The van der Waals surface area contributed by atoms with Crippen molar-refractivity contribution in [3.05, 3.63) is 47.5 Å². The third kappa shape index (κ3) is 4.35. The number of carbonyl (C=O) groups is 1. The molecule has 0 bridgehead atoms. The second-order valence-electron chi connectivity index (χ2n) is 7.98. The van der Waals surface area contributed by atoms with Gasteiger partial charge in [0.1, 0.15) is 36.9 Å². The van der Waals surface area contributed by atoms with Crippen LogP contribution in [0.15, 0.2) is 36.4 Å². The summed E-state index contributed by atoms with van der Waals surface area (Å²) < 4.78 is 17.5. The van der Waals surface area contributed by atoms with Crippen LogP contribution < -0.4 is 19.1 Å². The molecular formula is C24H26N2O4. The minimum atomic E-state index is 0.0465. The van der Waals surface area contributed by atoms with Gasteiger partial charge in [-0.15, -0.1) is 0 Å². The van der Waals surface area contributed by atoms with E-state index >= 15 is 0 Å². The Morgan fingerprint density at radius 3 is 2.60 bits per heavy atom. The third-order valence-corrected chi connectivity index (χ3v) is 5.61. The molecule has 1 fully saturated rings. The summed E-state index contributed by atoms with van der Waals surface area (Å²) >= 11 is 0. The standard InChI is InChI=1S/C24H26N2O4/c1-16(11-17(2)27)18-3-5-20(6-4-18)30-21-7-8-26(15-21)22-13-24-23(12-19(22)14-25)28-9-10-29-24/h3-6,12-13,16,21H,7-11,15H2,1-2H3/t16-,21?/m1/s1. The van der Waals surface area contributed by atoms with Crippen molar-refractivity contribution < 1.29 is 19.0 Å². The fourth-order valence-corrected chi connectivity index (χ4v) is 4.09. The number of carbonyl (C=O) groups excluding carboxylic acids is 1. The highest BCUT2D eigenvalue weighted by Gasteiger charge is 2.28. The van der Waals surface area contributed by atoms with Crippen LogP contribution in [0.3, 0.4) is 0 Å². The van der Waals surface area contributed by atoms with Crippen LogP contribution >= 0.6 is 0 Å². The maximum Gasteiger partial charge on any atom is 0.163 e. The maximum atomic E-state index is 11.3. The van der Waals surface area contributed by atoms with Crippen LogP contribution in [-0.2, 0) is 4.79 Å². The van der Waals surface area contributed by atoms with E-state index < -0.39 is 0 Å². The molecule has 30 heavy (non-hydrogen) atoms. The van der Waals surface area contributed by atoms with Crippen molar-refractivity contribution in [1.29, 1.82) is 5.26 Å². The van der Waals surface area contributed by atoms with Gasteiger partial charge < -0.3 is 23.9 Å². The molecule has 2 aliphatic rings. The quantitative estimate of drug-likeness (QED) is 0.720. The molecule has 6 heteroatoms. The fourth-order valence-electron chi connectivity index (χ4n) is 4.09. The Balaban J connectivity index is 1.42. The zero-order valence-electron chi connectivity index (χ0n) is 17.4. The lowest BCUT2D eigenvalue weighted by Gasteiger charge is -2.24. The Bertz CT molecular complexity index is 964. The van der Waals surface area contributed by atoms with Crippen molar-refractivity contribution in [1.82, 2.24) is 0 Å². The molecule has 2 aromatic rings. The lowest BCUT2D eigenvalue weighted by molar-refractivity contribution is -0.117. The van der Waals surface area contributed by atoms with E-state index in [1.165, 1.54) is 0 Å². The largest absolute Gasteiger partial charge is 0.489 e. The first-order valence-corrected chi connectivity index (χ1v) is 10.4. The van der Waals surface area contributed by atoms with Gasteiger partial charge in [0.2, 0.25) is 0 Å². The average Bonchev–Trinajstić information content (AvgIpc) is 3.21. The van der Waals surface area contributed by atoms with Crippen LogP contribution in [0, 0.1) is 11.3 Å². The van der Waals surface area contributed by atoms with Crippen molar-refractivity contribution in [2.75, 3.05) is 31.2 Å². The lowest BCUT2D eigenvalue weighted by atomic mass is 9.96. The highest BCUT2D eigenvalue weighted by molar-refractivity contribution is 5.76. The number of nitrogens with zero attached hydrogens (tertiary/aromatic N) is 2. The number of anilines is 1. The summed E-state index contributed by atoms with van der Waals surface area (Å²) in [6.45, 7) is 6.23. The molecule has 0 spiro atoms. The minimum Gasteiger partial charge on any atom is -0.489 e. The summed E-state index contributed by atoms with van der Waals surface area (Å²) in [5, 5.41) is 9.58. The zero-order valence-corrected chi connectivity index (χ0v) is 17.4. The van der Waals surface area contributed by atoms with Crippen LogP contribution in [0.2, 0.25) is 0 Å². The number of Topliss-reactive ketones (excluding diaryl/α,β-unsaturated/α-hetero) is 1. The van der Waals surface area contributed by atoms with Crippen molar-refractivity contribution in [3.8, 4) is 23.3 Å². The normalized spacial score (nSPS) is 18.6. The molecule has 1 unspecified atom stereocenters. The molecule has 2 aliphatic heterocycles. The molecule has 6 nitrogen and oxygen atoms in total. The van der Waals surface area contributed by atoms with Crippen molar-refractivity contribution in [3.63, 3.8) is 0 Å². The lowest BCUT2D eigenvalue weighted by Crippen LogP contribution is -2.25. The van der Waals surface area contributed by atoms with Crippen LogP contribution in [0.5, 0.6) is 17.2 Å². The number of fused-ring (bicyclic) bond motifs is 1. The van der Waals surface area contributed by atoms with E-state index in [0.29, 0.717) is 43.2 Å². The number of rotatable bonds is 6. The number of hydrogen-bond donors (Lipinski definition) is 0. The highest BCUT2D eigenvalue weighted by atomic mass is 16.6. The first-order chi connectivity index (χ1) is 14.5. The van der Waals surface area contributed by atoms with E-state index in [4.69, 9.17) is 14.2 Å². The molecule has 1 saturated heterocycles. The molecule has 156 valence electrons. The minimum absolute atomic E-state index is 0.0465. The monoisotopic (exact) mass is 406 g/mol. The molecule has 2 atom stereocenters. The molecule has 0 N–H and O–H groups in total. The van der Waals surface area contributed by atoms with Crippen LogP contribution in [0.1, 0.15) is 43.7 Å². The van der Waals surface area contributed by atoms with Gasteiger partial charge in [-0.2, -0.15) is 5.26 Å². The molecule has 0 amide bonds. The van der Waals surface area contributed by atoms with Crippen molar-refractivity contribution in [2.24, 2.45) is 0 Å². The highest BCUT2D eigenvalue weighted by Crippen LogP contribution is 2.38. The van der Waals surface area contributed by atoms with Gasteiger partial charge in [0.05, 0.1) is 17.8 Å². The first-order valence-electron chi connectivity index (χ1n) is 10.4. The van der Waals surface area contributed by atoms with E-state index in [-0.39, 0.29) is 17.8 Å². The Morgan fingerprint density at radius 1 is 1.23 bits per heavy atom. The summed E-state index contributed by atoms with van der Waals surface area (Å²) in [6.07, 6.45) is 1.47.